The Bertz CT molecular complexity index is 574. The quantitative estimate of drug-likeness (QED) is 0.866. The fourth-order valence-electron chi connectivity index (χ4n) is 2.02. The van der Waals surface area contributed by atoms with Crippen molar-refractivity contribution in [2.45, 2.75) is 26.4 Å². The SMILES string of the molecule is Cc1ccccc1[C@@H](C)NCc1ccc(C(=O)O)o1. The number of benzene rings is 1. The average Bonchev–Trinajstić information content (AvgIpc) is 2.85. The molecule has 1 atom stereocenters. The van der Waals surface area contributed by atoms with Crippen molar-refractivity contribution in [2.24, 2.45) is 0 Å². The van der Waals surface area contributed by atoms with Gasteiger partial charge in [0.25, 0.3) is 0 Å². The molecule has 0 aliphatic carbocycles. The first-order chi connectivity index (χ1) is 9.08. The molecule has 2 aromatic rings. The molecule has 0 bridgehead atoms. The van der Waals surface area contributed by atoms with Crippen LogP contribution < -0.4 is 5.32 Å². The summed E-state index contributed by atoms with van der Waals surface area (Å²) in [7, 11) is 0. The largest absolute Gasteiger partial charge is 0.475 e. The molecular formula is C15H17NO3. The van der Waals surface area contributed by atoms with E-state index in [2.05, 4.69) is 31.3 Å². The molecule has 0 unspecified atom stereocenters. The van der Waals surface area contributed by atoms with Gasteiger partial charge in [-0.3, -0.25) is 0 Å². The Morgan fingerprint density at radius 2 is 2.05 bits per heavy atom. The van der Waals surface area contributed by atoms with Gasteiger partial charge in [-0.2, -0.15) is 0 Å². The molecular weight excluding hydrogens is 242 g/mol. The molecule has 1 aromatic heterocycles. The van der Waals surface area contributed by atoms with E-state index in [0.29, 0.717) is 12.3 Å². The number of aryl methyl sites for hydroxylation is 1. The zero-order chi connectivity index (χ0) is 13.8. The van der Waals surface area contributed by atoms with Crippen LogP contribution in [0.25, 0.3) is 0 Å². The van der Waals surface area contributed by atoms with E-state index in [4.69, 9.17) is 9.52 Å². The minimum absolute atomic E-state index is 0.0275. The van der Waals surface area contributed by atoms with Gasteiger partial charge in [-0.1, -0.05) is 24.3 Å². The third-order valence-electron chi connectivity index (χ3n) is 3.11. The van der Waals surface area contributed by atoms with Gasteiger partial charge in [0.2, 0.25) is 5.76 Å². The lowest BCUT2D eigenvalue weighted by molar-refractivity contribution is 0.0660. The third kappa shape index (κ3) is 3.23. The number of aromatic carboxylic acids is 1. The summed E-state index contributed by atoms with van der Waals surface area (Å²) in [6.07, 6.45) is 0. The Morgan fingerprint density at radius 1 is 1.32 bits per heavy atom. The van der Waals surface area contributed by atoms with E-state index in [1.807, 2.05) is 12.1 Å². The number of hydrogen-bond donors (Lipinski definition) is 2. The van der Waals surface area contributed by atoms with Crippen molar-refractivity contribution in [1.82, 2.24) is 5.32 Å². The van der Waals surface area contributed by atoms with E-state index in [0.717, 1.165) is 0 Å². The molecule has 4 heteroatoms. The second-order valence-corrected chi connectivity index (χ2v) is 4.53. The van der Waals surface area contributed by atoms with Crippen LogP contribution in [0.5, 0.6) is 0 Å². The predicted octanol–water partition coefficient (Wildman–Crippen LogP) is 3.14. The Labute approximate surface area is 112 Å². The Hall–Kier alpha value is -2.07. The highest BCUT2D eigenvalue weighted by Gasteiger charge is 2.11. The van der Waals surface area contributed by atoms with Crippen molar-refractivity contribution in [2.75, 3.05) is 0 Å². The lowest BCUT2D eigenvalue weighted by Gasteiger charge is -2.15. The van der Waals surface area contributed by atoms with Gasteiger partial charge < -0.3 is 14.8 Å². The van der Waals surface area contributed by atoms with Crippen LogP contribution in [0.1, 0.15) is 40.4 Å². The predicted molar refractivity (Wildman–Crippen MR) is 72.1 cm³/mol. The molecule has 0 aliphatic rings. The smallest absolute Gasteiger partial charge is 0.371 e. The monoisotopic (exact) mass is 259 g/mol. The molecule has 4 nitrogen and oxygen atoms in total. The van der Waals surface area contributed by atoms with Crippen LogP contribution in [-0.2, 0) is 6.54 Å². The number of nitrogens with one attached hydrogen (secondary N) is 1. The lowest BCUT2D eigenvalue weighted by atomic mass is 10.0. The van der Waals surface area contributed by atoms with Crippen LogP contribution in [0.3, 0.4) is 0 Å². The number of carbonyl (C=O) groups is 1. The Balaban J connectivity index is 1.98. The average molecular weight is 259 g/mol. The van der Waals surface area contributed by atoms with Gasteiger partial charge in [-0.05, 0) is 37.1 Å². The molecule has 0 saturated heterocycles. The van der Waals surface area contributed by atoms with Gasteiger partial charge in [-0.25, -0.2) is 4.79 Å². The maximum absolute atomic E-state index is 10.7. The third-order valence-corrected chi connectivity index (χ3v) is 3.11. The first kappa shape index (κ1) is 13.4. The van der Waals surface area contributed by atoms with Crippen LogP contribution in [-0.4, -0.2) is 11.1 Å². The van der Waals surface area contributed by atoms with Crippen molar-refractivity contribution >= 4 is 5.97 Å². The zero-order valence-corrected chi connectivity index (χ0v) is 11.0. The summed E-state index contributed by atoms with van der Waals surface area (Å²) in [5.74, 6) is -0.448. The van der Waals surface area contributed by atoms with Gasteiger partial charge in [0, 0.05) is 6.04 Å². The second-order valence-electron chi connectivity index (χ2n) is 4.53. The number of furan rings is 1. The molecule has 100 valence electrons. The summed E-state index contributed by atoms with van der Waals surface area (Å²) < 4.78 is 5.20. The number of carboxylic acid groups (broad SMARTS) is 1. The van der Waals surface area contributed by atoms with Crippen LogP contribution in [0.15, 0.2) is 40.8 Å². The molecule has 19 heavy (non-hydrogen) atoms. The molecule has 0 radical (unpaired) electrons. The summed E-state index contributed by atoms with van der Waals surface area (Å²) >= 11 is 0. The molecule has 0 fully saturated rings. The van der Waals surface area contributed by atoms with E-state index in [1.165, 1.54) is 17.2 Å². The van der Waals surface area contributed by atoms with Crippen LogP contribution >= 0.6 is 0 Å². The van der Waals surface area contributed by atoms with E-state index >= 15 is 0 Å². The lowest BCUT2D eigenvalue weighted by Crippen LogP contribution is -2.18. The van der Waals surface area contributed by atoms with Crippen molar-refractivity contribution in [3.8, 4) is 0 Å². The van der Waals surface area contributed by atoms with Crippen molar-refractivity contribution in [3.05, 3.63) is 59.0 Å². The molecule has 1 aromatic carbocycles. The topological polar surface area (TPSA) is 62.5 Å². The van der Waals surface area contributed by atoms with Crippen LogP contribution in [0.4, 0.5) is 0 Å². The zero-order valence-electron chi connectivity index (χ0n) is 11.0. The highest BCUT2D eigenvalue weighted by molar-refractivity contribution is 5.84. The van der Waals surface area contributed by atoms with E-state index in [1.54, 1.807) is 6.07 Å². The molecule has 0 aliphatic heterocycles. The van der Waals surface area contributed by atoms with Crippen molar-refractivity contribution in [1.29, 1.82) is 0 Å². The van der Waals surface area contributed by atoms with Crippen LogP contribution in [0, 0.1) is 6.92 Å². The molecule has 0 spiro atoms. The molecule has 2 N–H and O–H groups in total. The fraction of sp³-hybridized carbons (Fsp3) is 0.267. The first-order valence-electron chi connectivity index (χ1n) is 6.19. The number of rotatable bonds is 5. The van der Waals surface area contributed by atoms with Crippen molar-refractivity contribution < 1.29 is 14.3 Å². The molecule has 2 rings (SSSR count). The summed E-state index contributed by atoms with van der Waals surface area (Å²) in [4.78, 5) is 10.7. The second kappa shape index (κ2) is 5.71. The minimum Gasteiger partial charge on any atom is -0.475 e. The normalized spacial score (nSPS) is 12.3. The highest BCUT2D eigenvalue weighted by Crippen LogP contribution is 2.17. The molecule has 0 amide bonds. The summed E-state index contributed by atoms with van der Waals surface area (Å²) in [6.45, 7) is 4.65. The van der Waals surface area contributed by atoms with E-state index in [9.17, 15) is 4.79 Å². The van der Waals surface area contributed by atoms with Crippen molar-refractivity contribution in [3.63, 3.8) is 0 Å². The fourth-order valence-corrected chi connectivity index (χ4v) is 2.02. The Morgan fingerprint density at radius 3 is 2.68 bits per heavy atom. The van der Waals surface area contributed by atoms with Gasteiger partial charge >= 0.3 is 5.97 Å². The minimum atomic E-state index is -1.04. The number of carboxylic acids is 1. The standard InChI is InChI=1S/C15H17NO3/c1-10-5-3-4-6-13(10)11(2)16-9-12-7-8-14(19-12)15(17)18/h3-8,11,16H,9H2,1-2H3,(H,17,18)/t11-/m1/s1. The summed E-state index contributed by atoms with van der Waals surface area (Å²) in [5.41, 5.74) is 2.46. The number of hydrogen-bond acceptors (Lipinski definition) is 3. The van der Waals surface area contributed by atoms with E-state index in [-0.39, 0.29) is 11.8 Å². The maximum atomic E-state index is 10.7. The van der Waals surface area contributed by atoms with Gasteiger partial charge in [0.1, 0.15) is 5.76 Å². The van der Waals surface area contributed by atoms with Gasteiger partial charge in [0.05, 0.1) is 6.54 Å². The highest BCUT2D eigenvalue weighted by atomic mass is 16.4. The summed E-state index contributed by atoms with van der Waals surface area (Å²) in [6, 6.07) is 11.5. The van der Waals surface area contributed by atoms with Gasteiger partial charge in [0.15, 0.2) is 0 Å². The Kier molecular flexibility index (Phi) is 4.02. The molecule has 0 saturated carbocycles. The maximum Gasteiger partial charge on any atom is 0.371 e. The summed E-state index contributed by atoms with van der Waals surface area (Å²) in [5, 5.41) is 12.1. The van der Waals surface area contributed by atoms with Crippen LogP contribution in [0.2, 0.25) is 0 Å². The first-order valence-corrected chi connectivity index (χ1v) is 6.19. The van der Waals surface area contributed by atoms with Gasteiger partial charge in [-0.15, -0.1) is 0 Å². The molecule has 1 heterocycles. The van der Waals surface area contributed by atoms with E-state index < -0.39 is 5.97 Å².